The van der Waals surface area contributed by atoms with Crippen LogP contribution in [0.2, 0.25) is 0 Å². The monoisotopic (exact) mass is 524 g/mol. The number of nitrogens with zero attached hydrogens (tertiary/aromatic N) is 4. The normalized spacial score (nSPS) is 20.0. The standard InChI is InChI=1S/C30H28N4O3S/c1-32-9-7-17-11-22-26(14-24(17)32)38(3,4)27-15-25-18(8-10-33(25)2)12-23(27)30(22)21-13-19(29(36)37)5-6-20(21)28(35)34(30)16-31/h5-6,11-15H,7-10H2,1-4H3,(H,36,37). The number of carbonyl (C=O) groups excluding carboxylic acids is 1. The Kier molecular flexibility index (Phi) is 4.47. The molecule has 3 aromatic rings. The van der Waals surface area contributed by atoms with E-state index in [1.54, 1.807) is 12.1 Å². The summed E-state index contributed by atoms with van der Waals surface area (Å²) in [5.41, 5.74) is 6.49. The predicted molar refractivity (Wildman–Crippen MR) is 148 cm³/mol. The topological polar surface area (TPSA) is 87.9 Å². The zero-order valence-electron chi connectivity index (χ0n) is 21.8. The van der Waals surface area contributed by atoms with Gasteiger partial charge in [0.05, 0.1) is 5.56 Å². The fourth-order valence-electron chi connectivity index (χ4n) is 7.04. The average molecular weight is 525 g/mol. The average Bonchev–Trinajstić information content (AvgIpc) is 3.53. The third-order valence-corrected chi connectivity index (χ3v) is 11.9. The second kappa shape index (κ2) is 7.33. The van der Waals surface area contributed by atoms with Crippen molar-refractivity contribution >= 4 is 33.3 Å². The quantitative estimate of drug-likeness (QED) is 0.475. The molecule has 192 valence electrons. The van der Waals surface area contributed by atoms with E-state index in [-0.39, 0.29) is 11.5 Å². The number of hydrogen-bond donors (Lipinski definition) is 1. The van der Waals surface area contributed by atoms with Crippen molar-refractivity contribution < 1.29 is 14.7 Å². The lowest BCUT2D eigenvalue weighted by Crippen LogP contribution is -2.46. The van der Waals surface area contributed by atoms with Crippen LogP contribution in [0.25, 0.3) is 0 Å². The largest absolute Gasteiger partial charge is 0.478 e. The molecule has 0 unspecified atom stereocenters. The van der Waals surface area contributed by atoms with E-state index in [1.807, 2.05) is 0 Å². The van der Waals surface area contributed by atoms with Crippen molar-refractivity contribution in [2.75, 3.05) is 49.5 Å². The molecule has 38 heavy (non-hydrogen) atoms. The van der Waals surface area contributed by atoms with Gasteiger partial charge < -0.3 is 14.9 Å². The minimum Gasteiger partial charge on any atom is -0.478 e. The number of fused-ring (bicyclic) bond motifs is 8. The van der Waals surface area contributed by atoms with Crippen LogP contribution >= 0.6 is 10.0 Å². The van der Waals surface area contributed by atoms with E-state index in [2.05, 4.69) is 66.9 Å². The van der Waals surface area contributed by atoms with E-state index in [9.17, 15) is 20.0 Å². The van der Waals surface area contributed by atoms with Crippen molar-refractivity contribution in [3.8, 4) is 6.19 Å². The summed E-state index contributed by atoms with van der Waals surface area (Å²) in [5, 5.41) is 20.5. The van der Waals surface area contributed by atoms with Gasteiger partial charge in [0.15, 0.2) is 6.19 Å². The first-order valence-corrected chi connectivity index (χ1v) is 15.2. The number of benzene rings is 3. The lowest BCUT2D eigenvalue weighted by molar-refractivity contribution is 0.0696. The Morgan fingerprint density at radius 2 is 1.47 bits per heavy atom. The summed E-state index contributed by atoms with van der Waals surface area (Å²) in [7, 11) is 2.65. The highest BCUT2D eigenvalue weighted by molar-refractivity contribution is 8.32. The van der Waals surface area contributed by atoms with Crippen LogP contribution in [0.3, 0.4) is 0 Å². The van der Waals surface area contributed by atoms with Gasteiger partial charge in [0.1, 0.15) is 5.54 Å². The smallest absolute Gasteiger partial charge is 0.335 e. The third-order valence-electron chi connectivity index (χ3n) is 9.02. The molecule has 0 radical (unpaired) electrons. The number of carboxylic acid groups (broad SMARTS) is 1. The SMILES string of the molecule is CN1CCc2cc3c(cc21)S(C)(C)c1cc2c(cc1C31c3cc(C(=O)O)ccc3C(=O)N1C#N)CCN2C. The van der Waals surface area contributed by atoms with Gasteiger partial charge in [-0.15, -0.1) is 0 Å². The Bertz CT molecular complexity index is 1600. The zero-order valence-corrected chi connectivity index (χ0v) is 22.6. The molecule has 0 fully saturated rings. The van der Waals surface area contributed by atoms with Crippen LogP contribution in [0.1, 0.15) is 48.5 Å². The number of aromatic carboxylic acids is 1. The number of carbonyl (C=O) groups is 2. The molecule has 3 aromatic carbocycles. The molecule has 0 saturated heterocycles. The molecule has 7 rings (SSSR count). The summed E-state index contributed by atoms with van der Waals surface area (Å²) >= 11 is 0. The first kappa shape index (κ1) is 23.2. The molecule has 4 heterocycles. The van der Waals surface area contributed by atoms with Crippen molar-refractivity contribution in [3.05, 3.63) is 81.4 Å². The zero-order chi connectivity index (χ0) is 26.7. The molecule has 4 aliphatic heterocycles. The van der Waals surface area contributed by atoms with Crippen LogP contribution in [0.5, 0.6) is 0 Å². The molecule has 0 aromatic heterocycles. The molecule has 0 saturated carbocycles. The van der Waals surface area contributed by atoms with Crippen molar-refractivity contribution in [2.45, 2.75) is 28.2 Å². The maximum absolute atomic E-state index is 13.9. The molecule has 1 spiro atoms. The minimum atomic E-state index is -1.55. The number of likely N-dealkylation sites (N-methyl/N-ethyl adjacent to an activating group) is 2. The molecule has 0 bridgehead atoms. The Hall–Kier alpha value is -3.96. The number of anilines is 2. The van der Waals surface area contributed by atoms with E-state index in [0.29, 0.717) is 11.1 Å². The molecule has 7 nitrogen and oxygen atoms in total. The highest BCUT2D eigenvalue weighted by atomic mass is 32.3. The van der Waals surface area contributed by atoms with E-state index in [1.165, 1.54) is 33.5 Å². The van der Waals surface area contributed by atoms with Crippen LogP contribution in [-0.4, -0.2) is 61.6 Å². The van der Waals surface area contributed by atoms with Gasteiger partial charge in [-0.2, -0.15) is 15.3 Å². The van der Waals surface area contributed by atoms with E-state index in [0.717, 1.165) is 46.8 Å². The summed E-state index contributed by atoms with van der Waals surface area (Å²) < 4.78 is 0. The molecule has 1 amide bonds. The van der Waals surface area contributed by atoms with E-state index >= 15 is 0 Å². The highest BCUT2D eigenvalue weighted by Gasteiger charge is 2.59. The van der Waals surface area contributed by atoms with Crippen LogP contribution in [0.4, 0.5) is 11.4 Å². The van der Waals surface area contributed by atoms with Crippen LogP contribution in [-0.2, 0) is 18.4 Å². The lowest BCUT2D eigenvalue weighted by atomic mass is 9.75. The Labute approximate surface area is 223 Å². The second-order valence-corrected chi connectivity index (χ2v) is 14.7. The van der Waals surface area contributed by atoms with Gasteiger partial charge in [0.2, 0.25) is 0 Å². The summed E-state index contributed by atoms with van der Waals surface area (Å²) in [4.78, 5) is 34.1. The number of hydrogen-bond acceptors (Lipinski definition) is 5. The second-order valence-electron chi connectivity index (χ2n) is 11.1. The minimum absolute atomic E-state index is 0.109. The van der Waals surface area contributed by atoms with E-state index < -0.39 is 21.5 Å². The van der Waals surface area contributed by atoms with Crippen molar-refractivity contribution in [2.24, 2.45) is 0 Å². The summed E-state index contributed by atoms with van der Waals surface area (Å²) in [5.74, 6) is -1.44. The van der Waals surface area contributed by atoms with Gasteiger partial charge in [-0.1, -0.05) is 0 Å². The molecule has 8 heteroatoms. The van der Waals surface area contributed by atoms with Crippen molar-refractivity contribution in [1.29, 1.82) is 5.26 Å². The number of nitriles is 1. The summed E-state index contributed by atoms with van der Waals surface area (Å²) in [6.45, 7) is 1.82. The van der Waals surface area contributed by atoms with Gasteiger partial charge in [-0.3, -0.25) is 4.79 Å². The van der Waals surface area contributed by atoms with Gasteiger partial charge >= 0.3 is 5.97 Å². The van der Waals surface area contributed by atoms with Gasteiger partial charge in [0, 0.05) is 70.6 Å². The number of rotatable bonds is 1. The van der Waals surface area contributed by atoms with E-state index in [4.69, 9.17) is 0 Å². The fraction of sp³-hybridized carbons (Fsp3) is 0.300. The fourth-order valence-corrected chi connectivity index (χ4v) is 9.60. The first-order chi connectivity index (χ1) is 18.1. The lowest BCUT2D eigenvalue weighted by Gasteiger charge is -2.50. The Balaban J connectivity index is 1.68. The maximum Gasteiger partial charge on any atom is 0.335 e. The van der Waals surface area contributed by atoms with Crippen LogP contribution in [0, 0.1) is 11.5 Å². The van der Waals surface area contributed by atoms with Gasteiger partial charge in [-0.25, -0.2) is 9.69 Å². The first-order valence-electron chi connectivity index (χ1n) is 12.7. The molecule has 4 aliphatic rings. The van der Waals surface area contributed by atoms with Crippen LogP contribution in [0.15, 0.2) is 52.3 Å². The molecule has 0 atom stereocenters. The highest BCUT2D eigenvalue weighted by Crippen LogP contribution is 2.70. The number of amides is 1. The Morgan fingerprint density at radius 3 is 1.97 bits per heavy atom. The Morgan fingerprint density at radius 1 is 0.921 bits per heavy atom. The molecular formula is C30H28N4O3S. The number of carboxylic acids is 1. The predicted octanol–water partition coefficient (Wildman–Crippen LogP) is 4.39. The third kappa shape index (κ3) is 2.60. The molecule has 1 N–H and O–H groups in total. The van der Waals surface area contributed by atoms with Crippen molar-refractivity contribution in [3.63, 3.8) is 0 Å². The van der Waals surface area contributed by atoms with Crippen LogP contribution < -0.4 is 9.80 Å². The summed E-state index contributed by atoms with van der Waals surface area (Å²) in [6, 6.07) is 13.6. The maximum atomic E-state index is 13.9. The van der Waals surface area contributed by atoms with Crippen molar-refractivity contribution in [1.82, 2.24) is 4.90 Å². The molecule has 0 aliphatic carbocycles. The van der Waals surface area contributed by atoms with Gasteiger partial charge in [0.25, 0.3) is 5.91 Å². The van der Waals surface area contributed by atoms with Gasteiger partial charge in [-0.05, 0) is 78.9 Å². The summed E-state index contributed by atoms with van der Waals surface area (Å²) in [6.07, 6.45) is 8.61. The molecular weight excluding hydrogens is 496 g/mol.